The van der Waals surface area contributed by atoms with Crippen LogP contribution in [-0.2, 0) is 9.59 Å². The highest BCUT2D eigenvalue weighted by atomic mass is 16.4. The van der Waals surface area contributed by atoms with Gasteiger partial charge in [0.05, 0.1) is 0 Å². The molecule has 2 atom stereocenters. The Balaban J connectivity index is 4.59. The van der Waals surface area contributed by atoms with Crippen molar-refractivity contribution in [2.75, 3.05) is 0 Å². The zero-order valence-corrected chi connectivity index (χ0v) is 12.0. The molecule has 2 N–H and O–H groups in total. The molecule has 0 fully saturated rings. The predicted molar refractivity (Wildman–Crippen MR) is 72.3 cm³/mol. The molecule has 0 radical (unpaired) electrons. The number of carboxylic acid groups (broad SMARTS) is 1. The molecule has 0 aromatic heterocycles. The summed E-state index contributed by atoms with van der Waals surface area (Å²) in [5.41, 5.74) is 0. The van der Waals surface area contributed by atoms with Gasteiger partial charge in [-0.1, -0.05) is 47.0 Å². The lowest BCUT2D eigenvalue weighted by molar-refractivity contribution is -0.144. The number of nitrogens with one attached hydrogen (secondary N) is 1. The van der Waals surface area contributed by atoms with Gasteiger partial charge in [-0.3, -0.25) is 4.79 Å². The first-order chi connectivity index (χ1) is 8.47. The Hall–Kier alpha value is -1.06. The summed E-state index contributed by atoms with van der Waals surface area (Å²) in [7, 11) is 0. The average molecular weight is 257 g/mol. The quantitative estimate of drug-likeness (QED) is 0.667. The van der Waals surface area contributed by atoms with Gasteiger partial charge in [0.1, 0.15) is 6.04 Å². The second kappa shape index (κ2) is 8.95. The molecule has 4 heteroatoms. The molecule has 0 heterocycles. The third-order valence-electron chi connectivity index (χ3n) is 3.42. The van der Waals surface area contributed by atoms with Crippen LogP contribution in [0.15, 0.2) is 0 Å². The summed E-state index contributed by atoms with van der Waals surface area (Å²) in [5, 5.41) is 11.8. The van der Waals surface area contributed by atoms with Crippen LogP contribution in [0, 0.1) is 11.8 Å². The fourth-order valence-corrected chi connectivity index (χ4v) is 2.06. The van der Waals surface area contributed by atoms with Crippen LogP contribution in [0.3, 0.4) is 0 Å². The van der Waals surface area contributed by atoms with Crippen molar-refractivity contribution in [1.82, 2.24) is 5.32 Å². The Morgan fingerprint density at radius 1 is 1.11 bits per heavy atom. The Morgan fingerprint density at radius 2 is 1.61 bits per heavy atom. The molecule has 2 unspecified atom stereocenters. The van der Waals surface area contributed by atoms with Gasteiger partial charge in [0, 0.05) is 5.92 Å². The van der Waals surface area contributed by atoms with Gasteiger partial charge in [-0.25, -0.2) is 4.79 Å². The summed E-state index contributed by atoms with van der Waals surface area (Å²) >= 11 is 0. The number of carboxylic acids is 1. The first kappa shape index (κ1) is 16.9. The number of carbonyl (C=O) groups excluding carboxylic acids is 1. The van der Waals surface area contributed by atoms with Crippen molar-refractivity contribution in [2.24, 2.45) is 11.8 Å². The molecule has 18 heavy (non-hydrogen) atoms. The molecule has 0 rings (SSSR count). The minimum absolute atomic E-state index is 0.0460. The van der Waals surface area contributed by atoms with Crippen LogP contribution in [0.2, 0.25) is 0 Å². The van der Waals surface area contributed by atoms with Gasteiger partial charge in [0.2, 0.25) is 5.91 Å². The first-order valence-corrected chi connectivity index (χ1v) is 7.00. The monoisotopic (exact) mass is 257 g/mol. The molecule has 106 valence electrons. The van der Waals surface area contributed by atoms with Gasteiger partial charge >= 0.3 is 5.97 Å². The van der Waals surface area contributed by atoms with E-state index in [0.717, 1.165) is 32.1 Å². The molecular formula is C14H27NO3. The van der Waals surface area contributed by atoms with E-state index in [2.05, 4.69) is 5.32 Å². The minimum atomic E-state index is -0.940. The molecule has 0 aliphatic carbocycles. The third kappa shape index (κ3) is 5.52. The lowest BCUT2D eigenvalue weighted by Crippen LogP contribution is -2.47. The van der Waals surface area contributed by atoms with Crippen molar-refractivity contribution in [1.29, 1.82) is 0 Å². The smallest absolute Gasteiger partial charge is 0.326 e. The molecule has 0 aromatic rings. The average Bonchev–Trinajstić information content (AvgIpc) is 2.34. The number of aliphatic carboxylic acids is 1. The standard InChI is InChI=1S/C14H27NO3/c1-5-8-11(9-6-2)13(16)15-12(14(17)18)10(4)7-3/h10-12H,5-9H2,1-4H3,(H,15,16)(H,17,18). The highest BCUT2D eigenvalue weighted by Gasteiger charge is 2.27. The van der Waals surface area contributed by atoms with E-state index in [1.807, 2.05) is 27.7 Å². The van der Waals surface area contributed by atoms with Crippen molar-refractivity contribution < 1.29 is 14.7 Å². The minimum Gasteiger partial charge on any atom is -0.480 e. The van der Waals surface area contributed by atoms with Gasteiger partial charge in [0.25, 0.3) is 0 Å². The van der Waals surface area contributed by atoms with E-state index in [-0.39, 0.29) is 17.7 Å². The van der Waals surface area contributed by atoms with Crippen LogP contribution >= 0.6 is 0 Å². The van der Waals surface area contributed by atoms with Gasteiger partial charge in [-0.05, 0) is 18.8 Å². The molecule has 0 spiro atoms. The molecule has 1 amide bonds. The van der Waals surface area contributed by atoms with Gasteiger partial charge in [-0.15, -0.1) is 0 Å². The summed E-state index contributed by atoms with van der Waals surface area (Å²) in [4.78, 5) is 23.2. The Morgan fingerprint density at radius 3 is 1.94 bits per heavy atom. The van der Waals surface area contributed by atoms with Crippen molar-refractivity contribution >= 4 is 11.9 Å². The van der Waals surface area contributed by atoms with E-state index in [1.54, 1.807) is 0 Å². The highest BCUT2D eigenvalue weighted by Crippen LogP contribution is 2.15. The van der Waals surface area contributed by atoms with Crippen LogP contribution < -0.4 is 5.32 Å². The lowest BCUT2D eigenvalue weighted by Gasteiger charge is -2.23. The van der Waals surface area contributed by atoms with E-state index in [9.17, 15) is 9.59 Å². The van der Waals surface area contributed by atoms with Crippen molar-refractivity contribution in [2.45, 2.75) is 65.8 Å². The number of amides is 1. The summed E-state index contributed by atoms with van der Waals surface area (Å²) in [5.74, 6) is -1.14. The Labute approximate surface area is 110 Å². The molecule has 0 aromatic carbocycles. The maximum atomic E-state index is 12.1. The number of hydrogen-bond acceptors (Lipinski definition) is 2. The van der Waals surface area contributed by atoms with Crippen molar-refractivity contribution in [3.63, 3.8) is 0 Å². The first-order valence-electron chi connectivity index (χ1n) is 7.00. The number of hydrogen-bond donors (Lipinski definition) is 2. The van der Waals surface area contributed by atoms with E-state index in [0.29, 0.717) is 0 Å². The molecule has 4 nitrogen and oxygen atoms in total. The maximum Gasteiger partial charge on any atom is 0.326 e. The summed E-state index contributed by atoms with van der Waals surface area (Å²) in [6, 6.07) is -0.765. The second-order valence-electron chi connectivity index (χ2n) is 4.98. The van der Waals surface area contributed by atoms with E-state index in [4.69, 9.17) is 5.11 Å². The Kier molecular flexibility index (Phi) is 8.42. The SMILES string of the molecule is CCCC(CCC)C(=O)NC(C(=O)O)C(C)CC. The third-order valence-corrected chi connectivity index (χ3v) is 3.42. The van der Waals surface area contributed by atoms with Crippen LogP contribution in [0.1, 0.15) is 59.8 Å². The molecule has 0 bridgehead atoms. The summed E-state index contributed by atoms with van der Waals surface area (Å²) in [6.07, 6.45) is 4.28. The molecule has 0 saturated heterocycles. The van der Waals surface area contributed by atoms with Gasteiger partial charge in [-0.2, -0.15) is 0 Å². The van der Waals surface area contributed by atoms with E-state index in [1.165, 1.54) is 0 Å². The van der Waals surface area contributed by atoms with Crippen LogP contribution in [0.25, 0.3) is 0 Å². The van der Waals surface area contributed by atoms with Crippen LogP contribution in [-0.4, -0.2) is 23.0 Å². The summed E-state index contributed by atoms with van der Waals surface area (Å²) in [6.45, 7) is 7.87. The second-order valence-corrected chi connectivity index (χ2v) is 4.98. The molecule has 0 aliphatic rings. The zero-order valence-electron chi connectivity index (χ0n) is 12.0. The Bertz CT molecular complexity index is 260. The number of carbonyl (C=O) groups is 2. The van der Waals surface area contributed by atoms with Crippen molar-refractivity contribution in [3.8, 4) is 0 Å². The van der Waals surface area contributed by atoms with E-state index < -0.39 is 12.0 Å². The molecule has 0 saturated carbocycles. The number of rotatable bonds is 9. The van der Waals surface area contributed by atoms with E-state index >= 15 is 0 Å². The van der Waals surface area contributed by atoms with Crippen LogP contribution in [0.5, 0.6) is 0 Å². The van der Waals surface area contributed by atoms with Gasteiger partial charge < -0.3 is 10.4 Å². The summed E-state index contributed by atoms with van der Waals surface area (Å²) < 4.78 is 0. The highest BCUT2D eigenvalue weighted by molar-refractivity contribution is 5.85. The fraction of sp³-hybridized carbons (Fsp3) is 0.857. The maximum absolute atomic E-state index is 12.1. The normalized spacial score (nSPS) is 14.3. The zero-order chi connectivity index (χ0) is 14.1. The molecular weight excluding hydrogens is 230 g/mol. The fourth-order valence-electron chi connectivity index (χ4n) is 2.06. The largest absolute Gasteiger partial charge is 0.480 e. The predicted octanol–water partition coefficient (Wildman–Crippen LogP) is 2.82. The molecule has 0 aliphatic heterocycles. The van der Waals surface area contributed by atoms with Crippen LogP contribution in [0.4, 0.5) is 0 Å². The topological polar surface area (TPSA) is 66.4 Å². The lowest BCUT2D eigenvalue weighted by atomic mass is 9.94. The van der Waals surface area contributed by atoms with Gasteiger partial charge in [0.15, 0.2) is 0 Å². The van der Waals surface area contributed by atoms with Crippen molar-refractivity contribution in [3.05, 3.63) is 0 Å².